The van der Waals surface area contributed by atoms with Gasteiger partial charge in [0.05, 0.1) is 11.2 Å². The standard InChI is InChI=1S/C16H21BO3/c1-15(2)16(3,4)20-17(19-15)14-10-12(18)9-11-7-5-6-8-13(11)14/h5,7,9-10,18H,6,8H2,1-4H3. The first-order valence-corrected chi connectivity index (χ1v) is 7.18. The molecule has 0 radical (unpaired) electrons. The van der Waals surface area contributed by atoms with Crippen LogP contribution in [0.5, 0.6) is 5.75 Å². The summed E-state index contributed by atoms with van der Waals surface area (Å²) in [5, 5.41) is 9.94. The molecule has 1 heterocycles. The number of aromatic hydroxyl groups is 1. The van der Waals surface area contributed by atoms with Crippen LogP contribution in [0.15, 0.2) is 18.2 Å². The molecular weight excluding hydrogens is 251 g/mol. The summed E-state index contributed by atoms with van der Waals surface area (Å²) in [4.78, 5) is 0. The molecule has 1 fully saturated rings. The van der Waals surface area contributed by atoms with Crippen molar-refractivity contribution >= 4 is 18.7 Å². The van der Waals surface area contributed by atoms with Gasteiger partial charge in [-0.2, -0.15) is 0 Å². The minimum absolute atomic E-state index is 0.264. The zero-order valence-electron chi connectivity index (χ0n) is 12.6. The Morgan fingerprint density at radius 2 is 1.75 bits per heavy atom. The quantitative estimate of drug-likeness (QED) is 0.799. The second-order valence-corrected chi connectivity index (χ2v) is 6.63. The lowest BCUT2D eigenvalue weighted by Gasteiger charge is -2.32. The monoisotopic (exact) mass is 272 g/mol. The van der Waals surface area contributed by atoms with E-state index in [2.05, 4.69) is 12.2 Å². The normalized spacial score (nSPS) is 22.9. The molecule has 0 amide bonds. The number of rotatable bonds is 1. The van der Waals surface area contributed by atoms with E-state index in [0.29, 0.717) is 0 Å². The van der Waals surface area contributed by atoms with Crippen LogP contribution in [-0.2, 0) is 15.7 Å². The van der Waals surface area contributed by atoms with E-state index in [1.165, 1.54) is 5.56 Å². The predicted molar refractivity (Wildman–Crippen MR) is 81.2 cm³/mol. The molecule has 0 atom stereocenters. The van der Waals surface area contributed by atoms with Crippen LogP contribution in [0, 0.1) is 0 Å². The van der Waals surface area contributed by atoms with Crippen LogP contribution < -0.4 is 5.46 Å². The van der Waals surface area contributed by atoms with Crippen LogP contribution in [-0.4, -0.2) is 23.4 Å². The number of phenols is 1. The topological polar surface area (TPSA) is 38.7 Å². The van der Waals surface area contributed by atoms with Gasteiger partial charge in [0.15, 0.2) is 0 Å². The fraction of sp³-hybridized carbons (Fsp3) is 0.500. The summed E-state index contributed by atoms with van der Waals surface area (Å²) in [6, 6.07) is 3.58. The first-order chi connectivity index (χ1) is 9.30. The summed E-state index contributed by atoms with van der Waals surface area (Å²) in [6.07, 6.45) is 6.18. The molecule has 106 valence electrons. The van der Waals surface area contributed by atoms with E-state index in [1.54, 1.807) is 12.1 Å². The molecule has 20 heavy (non-hydrogen) atoms. The van der Waals surface area contributed by atoms with Gasteiger partial charge in [-0.05, 0) is 69.3 Å². The van der Waals surface area contributed by atoms with Crippen LogP contribution in [0.25, 0.3) is 6.08 Å². The van der Waals surface area contributed by atoms with E-state index in [-0.39, 0.29) is 17.0 Å². The molecule has 1 aliphatic carbocycles. The number of benzene rings is 1. The minimum atomic E-state index is -0.410. The third-order valence-corrected chi connectivity index (χ3v) is 4.67. The van der Waals surface area contributed by atoms with Gasteiger partial charge in [-0.15, -0.1) is 0 Å². The van der Waals surface area contributed by atoms with Gasteiger partial charge in [0.1, 0.15) is 5.75 Å². The van der Waals surface area contributed by atoms with Gasteiger partial charge in [0, 0.05) is 0 Å². The summed E-state index contributed by atoms with van der Waals surface area (Å²) >= 11 is 0. The first kappa shape index (κ1) is 13.7. The summed E-state index contributed by atoms with van der Waals surface area (Å²) in [6.45, 7) is 8.18. The van der Waals surface area contributed by atoms with Crippen LogP contribution >= 0.6 is 0 Å². The van der Waals surface area contributed by atoms with E-state index >= 15 is 0 Å². The number of fused-ring (bicyclic) bond motifs is 1. The molecule has 1 N–H and O–H groups in total. The van der Waals surface area contributed by atoms with E-state index in [0.717, 1.165) is 23.9 Å². The van der Waals surface area contributed by atoms with E-state index in [9.17, 15) is 5.11 Å². The molecule has 1 aliphatic heterocycles. The van der Waals surface area contributed by atoms with Crippen molar-refractivity contribution in [2.45, 2.75) is 51.7 Å². The molecule has 0 aromatic heterocycles. The molecule has 2 aliphatic rings. The highest BCUT2D eigenvalue weighted by atomic mass is 16.7. The molecule has 0 unspecified atom stereocenters. The Balaban J connectivity index is 2.04. The molecule has 1 aromatic rings. The van der Waals surface area contributed by atoms with Crippen molar-refractivity contribution in [1.29, 1.82) is 0 Å². The first-order valence-electron chi connectivity index (χ1n) is 7.18. The second-order valence-electron chi connectivity index (χ2n) is 6.63. The Bertz CT molecular complexity index is 559. The van der Waals surface area contributed by atoms with Gasteiger partial charge in [-0.3, -0.25) is 0 Å². The predicted octanol–water partition coefficient (Wildman–Crippen LogP) is 2.65. The Morgan fingerprint density at radius 3 is 2.40 bits per heavy atom. The minimum Gasteiger partial charge on any atom is -0.508 e. The highest BCUT2D eigenvalue weighted by Gasteiger charge is 2.52. The number of allylic oxidation sites excluding steroid dienone is 1. The van der Waals surface area contributed by atoms with Gasteiger partial charge in [-0.25, -0.2) is 0 Å². The lowest BCUT2D eigenvalue weighted by Crippen LogP contribution is -2.41. The van der Waals surface area contributed by atoms with Gasteiger partial charge in [0.25, 0.3) is 0 Å². The van der Waals surface area contributed by atoms with Gasteiger partial charge in [-0.1, -0.05) is 12.2 Å². The van der Waals surface area contributed by atoms with Crippen molar-refractivity contribution in [3.63, 3.8) is 0 Å². The summed E-state index contributed by atoms with van der Waals surface area (Å²) in [7, 11) is -0.410. The molecule has 1 saturated heterocycles. The van der Waals surface area contributed by atoms with E-state index in [1.807, 2.05) is 27.7 Å². The van der Waals surface area contributed by atoms with Crippen molar-refractivity contribution in [2.24, 2.45) is 0 Å². The lowest BCUT2D eigenvalue weighted by atomic mass is 9.72. The maximum atomic E-state index is 9.94. The third-order valence-electron chi connectivity index (χ3n) is 4.67. The van der Waals surface area contributed by atoms with Crippen LogP contribution in [0.3, 0.4) is 0 Å². The average molecular weight is 272 g/mol. The van der Waals surface area contributed by atoms with Crippen molar-refractivity contribution in [2.75, 3.05) is 0 Å². The number of hydrogen-bond donors (Lipinski definition) is 1. The number of phenolic OH excluding ortho intramolecular Hbond substituents is 1. The van der Waals surface area contributed by atoms with Crippen molar-refractivity contribution in [1.82, 2.24) is 0 Å². The molecule has 1 aromatic carbocycles. The Morgan fingerprint density at radius 1 is 1.10 bits per heavy atom. The van der Waals surface area contributed by atoms with Crippen LogP contribution in [0.1, 0.15) is 45.2 Å². The fourth-order valence-electron chi connectivity index (χ4n) is 2.76. The summed E-state index contributed by atoms with van der Waals surface area (Å²) in [5.41, 5.74) is 2.54. The molecule has 0 bridgehead atoms. The maximum absolute atomic E-state index is 9.94. The highest BCUT2D eigenvalue weighted by Crippen LogP contribution is 2.37. The summed E-state index contributed by atoms with van der Waals surface area (Å²) < 4.78 is 12.2. The van der Waals surface area contributed by atoms with Crippen molar-refractivity contribution in [3.05, 3.63) is 29.3 Å². The van der Waals surface area contributed by atoms with Gasteiger partial charge >= 0.3 is 7.12 Å². The number of hydrogen-bond acceptors (Lipinski definition) is 3. The molecule has 0 saturated carbocycles. The molecule has 3 rings (SSSR count). The van der Waals surface area contributed by atoms with Crippen LogP contribution in [0.2, 0.25) is 0 Å². The smallest absolute Gasteiger partial charge is 0.495 e. The zero-order chi connectivity index (χ0) is 14.5. The molecule has 3 nitrogen and oxygen atoms in total. The Labute approximate surface area is 120 Å². The Hall–Kier alpha value is -1.26. The second kappa shape index (κ2) is 4.37. The van der Waals surface area contributed by atoms with E-state index in [4.69, 9.17) is 9.31 Å². The van der Waals surface area contributed by atoms with E-state index < -0.39 is 7.12 Å². The molecule has 0 spiro atoms. The Kier molecular flexibility index (Phi) is 3.00. The van der Waals surface area contributed by atoms with Crippen molar-refractivity contribution in [3.8, 4) is 5.75 Å². The van der Waals surface area contributed by atoms with Gasteiger partial charge < -0.3 is 14.4 Å². The van der Waals surface area contributed by atoms with Crippen molar-refractivity contribution < 1.29 is 14.4 Å². The zero-order valence-corrected chi connectivity index (χ0v) is 12.6. The highest BCUT2D eigenvalue weighted by molar-refractivity contribution is 6.62. The van der Waals surface area contributed by atoms with Gasteiger partial charge in [0.2, 0.25) is 0 Å². The van der Waals surface area contributed by atoms with Crippen LogP contribution in [0.4, 0.5) is 0 Å². The average Bonchev–Trinajstić information content (AvgIpc) is 2.57. The molecule has 4 heteroatoms. The fourth-order valence-corrected chi connectivity index (χ4v) is 2.76. The summed E-state index contributed by atoms with van der Waals surface area (Å²) in [5.74, 6) is 0.264. The largest absolute Gasteiger partial charge is 0.508 e. The maximum Gasteiger partial charge on any atom is 0.495 e. The SMILES string of the molecule is CC1(C)OB(c2cc(O)cc3c2CCC=C3)OC1(C)C. The molecular formula is C16H21BO3. The lowest BCUT2D eigenvalue weighted by molar-refractivity contribution is 0.00578. The third kappa shape index (κ3) is 2.07.